The van der Waals surface area contributed by atoms with E-state index in [1.807, 2.05) is 87.5 Å². The van der Waals surface area contributed by atoms with Gasteiger partial charge in [0.2, 0.25) is 17.0 Å². The van der Waals surface area contributed by atoms with Crippen LogP contribution in [-0.4, -0.2) is 26.6 Å². The van der Waals surface area contributed by atoms with Gasteiger partial charge in [0, 0.05) is 34.8 Å². The Morgan fingerprint density at radius 1 is 1.00 bits per heavy atom. The van der Waals surface area contributed by atoms with E-state index in [9.17, 15) is 9.59 Å². The molecule has 8 nitrogen and oxygen atoms in total. The Balaban J connectivity index is 1.49. The molecular weight excluding hydrogens is 544 g/mol. The Bertz CT molecular complexity index is 1610. The summed E-state index contributed by atoms with van der Waals surface area (Å²) >= 11 is 7.53. The Kier molecular flexibility index (Phi) is 7.95. The number of nitrogens with one attached hydrogen (secondary N) is 3. The van der Waals surface area contributed by atoms with Crippen LogP contribution in [0.1, 0.15) is 42.1 Å². The number of halogens is 1. The van der Waals surface area contributed by atoms with E-state index in [1.54, 1.807) is 4.68 Å². The molecule has 0 saturated heterocycles. The van der Waals surface area contributed by atoms with Crippen molar-refractivity contribution in [2.24, 2.45) is 0 Å². The van der Waals surface area contributed by atoms with Gasteiger partial charge in [-0.05, 0) is 67.8 Å². The van der Waals surface area contributed by atoms with Crippen LogP contribution in [0.4, 0.5) is 17.3 Å². The lowest BCUT2D eigenvalue weighted by molar-refractivity contribution is -0.114. The summed E-state index contributed by atoms with van der Waals surface area (Å²) in [7, 11) is 0. The molecular formula is C30H29ClN6O2S. The van der Waals surface area contributed by atoms with Gasteiger partial charge in [0.1, 0.15) is 6.04 Å². The summed E-state index contributed by atoms with van der Waals surface area (Å²) in [6.07, 6.45) is 0. The van der Waals surface area contributed by atoms with E-state index in [4.69, 9.17) is 21.7 Å². The fourth-order valence-electron chi connectivity index (χ4n) is 4.62. The number of fused-ring (bicyclic) bond motifs is 1. The lowest BCUT2D eigenvalue weighted by Crippen LogP contribution is -2.31. The van der Waals surface area contributed by atoms with Crippen LogP contribution >= 0.6 is 23.4 Å². The molecule has 2 heterocycles. The van der Waals surface area contributed by atoms with Gasteiger partial charge < -0.3 is 16.0 Å². The van der Waals surface area contributed by atoms with E-state index in [2.05, 4.69) is 16.0 Å². The highest BCUT2D eigenvalue weighted by Gasteiger charge is 2.34. The van der Waals surface area contributed by atoms with Gasteiger partial charge in [0.25, 0.3) is 5.91 Å². The van der Waals surface area contributed by atoms with E-state index in [0.717, 1.165) is 27.9 Å². The lowest BCUT2D eigenvalue weighted by atomic mass is 9.94. The molecule has 0 spiro atoms. The van der Waals surface area contributed by atoms with Crippen LogP contribution in [0.25, 0.3) is 0 Å². The summed E-state index contributed by atoms with van der Waals surface area (Å²) < 4.78 is 1.75. The number of aromatic nitrogens is 3. The molecule has 10 heteroatoms. The summed E-state index contributed by atoms with van der Waals surface area (Å²) in [5.41, 5.74) is 6.67. The molecule has 1 atom stereocenters. The first-order valence-corrected chi connectivity index (χ1v) is 14.1. The van der Waals surface area contributed by atoms with E-state index >= 15 is 0 Å². The van der Waals surface area contributed by atoms with Gasteiger partial charge in [-0.2, -0.15) is 4.98 Å². The van der Waals surface area contributed by atoms with E-state index < -0.39 is 6.04 Å². The van der Waals surface area contributed by atoms with Crippen LogP contribution < -0.4 is 16.0 Å². The van der Waals surface area contributed by atoms with Crippen molar-refractivity contribution in [1.82, 2.24) is 14.8 Å². The SMILES string of the molecule is CC(=O)Nc1ccc([C@@H]2C(C(=O)Nc3ccc(C)cc3C)=C(C)Nc3nc(SCc4ccc(Cl)cc4)nn32)cc1. The molecule has 2 amide bonds. The lowest BCUT2D eigenvalue weighted by Gasteiger charge is -2.29. The maximum Gasteiger partial charge on any atom is 0.255 e. The molecule has 4 aromatic rings. The third-order valence-electron chi connectivity index (χ3n) is 6.54. The summed E-state index contributed by atoms with van der Waals surface area (Å²) in [5, 5.41) is 15.3. The van der Waals surface area contributed by atoms with Gasteiger partial charge in [-0.25, -0.2) is 4.68 Å². The molecule has 0 fully saturated rings. The maximum absolute atomic E-state index is 13.8. The van der Waals surface area contributed by atoms with Gasteiger partial charge >= 0.3 is 0 Å². The van der Waals surface area contributed by atoms with Crippen molar-refractivity contribution in [3.05, 3.63) is 105 Å². The number of aryl methyl sites for hydroxylation is 2. The summed E-state index contributed by atoms with van der Waals surface area (Å²) in [5.74, 6) is 0.836. The van der Waals surface area contributed by atoms with Crippen LogP contribution in [0.5, 0.6) is 0 Å². The second kappa shape index (κ2) is 11.6. The second-order valence-electron chi connectivity index (χ2n) is 9.72. The van der Waals surface area contributed by atoms with Gasteiger partial charge in [-0.1, -0.05) is 65.3 Å². The van der Waals surface area contributed by atoms with E-state index in [1.165, 1.54) is 18.7 Å². The molecule has 1 aliphatic heterocycles. The minimum Gasteiger partial charge on any atom is -0.328 e. The first kappa shape index (κ1) is 27.5. The van der Waals surface area contributed by atoms with Crippen molar-refractivity contribution < 1.29 is 9.59 Å². The highest BCUT2D eigenvalue weighted by atomic mass is 35.5. The van der Waals surface area contributed by atoms with Crippen molar-refractivity contribution in [3.63, 3.8) is 0 Å². The number of anilines is 3. The van der Waals surface area contributed by atoms with Crippen molar-refractivity contribution in [1.29, 1.82) is 0 Å². The van der Waals surface area contributed by atoms with Crippen LogP contribution in [0.3, 0.4) is 0 Å². The average Bonchev–Trinajstić information content (AvgIpc) is 3.31. The molecule has 3 aromatic carbocycles. The standard InChI is InChI=1S/C30H29ClN6O2S/c1-17-5-14-25(18(2)15-17)34-28(39)26-19(3)32-29-35-30(40-16-21-6-10-23(31)11-7-21)36-37(29)27(26)22-8-12-24(13-9-22)33-20(4)38/h5-15,27H,16H2,1-4H3,(H,33,38)(H,34,39)(H,32,35,36)/t27-/m1/s1. The Morgan fingerprint density at radius 2 is 1.73 bits per heavy atom. The molecule has 0 aliphatic carbocycles. The number of amides is 2. The van der Waals surface area contributed by atoms with Gasteiger partial charge in [-0.3, -0.25) is 9.59 Å². The Labute approximate surface area is 242 Å². The zero-order valence-electron chi connectivity index (χ0n) is 22.6. The number of benzene rings is 3. The van der Waals surface area contributed by atoms with Crippen molar-refractivity contribution in [2.45, 2.75) is 44.6 Å². The zero-order valence-corrected chi connectivity index (χ0v) is 24.2. The molecule has 5 rings (SSSR count). The number of nitrogens with zero attached hydrogens (tertiary/aromatic N) is 3. The molecule has 40 heavy (non-hydrogen) atoms. The highest BCUT2D eigenvalue weighted by Crippen LogP contribution is 2.37. The van der Waals surface area contributed by atoms with Gasteiger partial charge in [0.05, 0.1) is 5.57 Å². The largest absolute Gasteiger partial charge is 0.328 e. The molecule has 0 unspecified atom stereocenters. The van der Waals surface area contributed by atoms with Crippen LogP contribution in [0.15, 0.2) is 83.2 Å². The topological polar surface area (TPSA) is 101 Å². The Hall–Kier alpha value is -4.08. The summed E-state index contributed by atoms with van der Waals surface area (Å²) in [4.78, 5) is 30.1. The number of hydrogen-bond donors (Lipinski definition) is 3. The minimum atomic E-state index is -0.536. The number of hydrogen-bond acceptors (Lipinski definition) is 6. The molecule has 3 N–H and O–H groups in total. The van der Waals surface area contributed by atoms with Crippen molar-refractivity contribution in [2.75, 3.05) is 16.0 Å². The minimum absolute atomic E-state index is 0.153. The molecule has 0 saturated carbocycles. The van der Waals surface area contributed by atoms with Crippen molar-refractivity contribution in [3.8, 4) is 0 Å². The van der Waals surface area contributed by atoms with E-state index in [-0.39, 0.29) is 11.8 Å². The zero-order chi connectivity index (χ0) is 28.4. The summed E-state index contributed by atoms with van der Waals surface area (Å²) in [6.45, 7) is 7.33. The number of rotatable bonds is 7. The average molecular weight is 573 g/mol. The molecule has 1 aliphatic rings. The van der Waals surface area contributed by atoms with Crippen molar-refractivity contribution >= 4 is 52.5 Å². The van der Waals surface area contributed by atoms with Crippen LogP contribution in [0.2, 0.25) is 5.02 Å². The van der Waals surface area contributed by atoms with E-state index in [0.29, 0.717) is 38.8 Å². The first-order valence-electron chi connectivity index (χ1n) is 12.8. The normalized spacial score (nSPS) is 14.4. The Morgan fingerprint density at radius 3 is 2.40 bits per heavy atom. The third-order valence-corrected chi connectivity index (χ3v) is 7.70. The maximum atomic E-state index is 13.8. The quantitative estimate of drug-likeness (QED) is 0.212. The number of thioether (sulfide) groups is 1. The summed E-state index contributed by atoms with van der Waals surface area (Å²) in [6, 6.07) is 20.5. The first-order chi connectivity index (χ1) is 19.2. The molecule has 1 aromatic heterocycles. The predicted octanol–water partition coefficient (Wildman–Crippen LogP) is 6.73. The number of carbonyl (C=O) groups excluding carboxylic acids is 2. The number of allylic oxidation sites excluding steroid dienone is 1. The van der Waals surface area contributed by atoms with Gasteiger partial charge in [-0.15, -0.1) is 5.10 Å². The molecule has 204 valence electrons. The second-order valence-corrected chi connectivity index (χ2v) is 11.1. The molecule has 0 radical (unpaired) electrons. The van der Waals surface area contributed by atoms with Crippen LogP contribution in [0, 0.1) is 13.8 Å². The smallest absolute Gasteiger partial charge is 0.255 e. The molecule has 0 bridgehead atoms. The number of carbonyl (C=O) groups is 2. The fourth-order valence-corrected chi connectivity index (χ4v) is 5.53. The monoisotopic (exact) mass is 572 g/mol. The third kappa shape index (κ3) is 6.05. The van der Waals surface area contributed by atoms with Gasteiger partial charge in [0.15, 0.2) is 0 Å². The predicted molar refractivity (Wildman–Crippen MR) is 161 cm³/mol. The van der Waals surface area contributed by atoms with Crippen LogP contribution in [-0.2, 0) is 15.3 Å². The highest BCUT2D eigenvalue weighted by molar-refractivity contribution is 7.98. The fraction of sp³-hybridized carbons (Fsp3) is 0.200.